The highest BCUT2D eigenvalue weighted by molar-refractivity contribution is 5.53. The highest BCUT2D eigenvalue weighted by atomic mass is 19.1. The Kier molecular flexibility index (Phi) is 3.76. The molecule has 0 fully saturated rings. The van der Waals surface area contributed by atoms with E-state index in [4.69, 9.17) is 5.73 Å². The van der Waals surface area contributed by atoms with Crippen LogP contribution in [0.25, 0.3) is 0 Å². The number of nitrogen functional groups attached to an aromatic ring is 1. The number of aryl methyl sites for hydroxylation is 1. The third-order valence-electron chi connectivity index (χ3n) is 2.49. The predicted octanol–water partition coefficient (Wildman–Crippen LogP) is 2.25. The van der Waals surface area contributed by atoms with Gasteiger partial charge in [-0.3, -0.25) is 4.68 Å². The van der Waals surface area contributed by atoms with Gasteiger partial charge < -0.3 is 11.1 Å². The number of nitrogens with two attached hydrogens (primary N) is 1. The molecule has 0 saturated heterocycles. The zero-order valence-electron chi connectivity index (χ0n) is 9.74. The molecule has 96 valence electrons. The standard InChI is InChI=1S/C12H14F2N4/c13-10-7-9(15)8-11(14)12(10)16-3-1-5-18-6-2-4-17-18/h2,4,6-8,16H,1,3,5,15H2. The van der Waals surface area contributed by atoms with E-state index in [2.05, 4.69) is 10.4 Å². The van der Waals surface area contributed by atoms with E-state index in [1.807, 2.05) is 12.3 Å². The van der Waals surface area contributed by atoms with Crippen LogP contribution >= 0.6 is 0 Å². The lowest BCUT2D eigenvalue weighted by Crippen LogP contribution is -2.09. The molecule has 1 aromatic carbocycles. The summed E-state index contributed by atoms with van der Waals surface area (Å²) in [5, 5.41) is 6.76. The minimum atomic E-state index is -0.674. The van der Waals surface area contributed by atoms with Crippen LogP contribution in [0.1, 0.15) is 6.42 Å². The van der Waals surface area contributed by atoms with Gasteiger partial charge in [0.15, 0.2) is 11.6 Å². The van der Waals surface area contributed by atoms with Crippen LogP contribution in [0.4, 0.5) is 20.2 Å². The summed E-state index contributed by atoms with van der Waals surface area (Å²) in [5.74, 6) is -1.35. The fraction of sp³-hybridized carbons (Fsp3) is 0.250. The first kappa shape index (κ1) is 12.3. The Morgan fingerprint density at radius 3 is 2.61 bits per heavy atom. The third-order valence-corrected chi connectivity index (χ3v) is 2.49. The van der Waals surface area contributed by atoms with Crippen molar-refractivity contribution in [3.05, 3.63) is 42.2 Å². The molecule has 0 radical (unpaired) electrons. The fourth-order valence-electron chi connectivity index (χ4n) is 1.65. The van der Waals surface area contributed by atoms with Crippen molar-refractivity contribution in [1.82, 2.24) is 9.78 Å². The topological polar surface area (TPSA) is 55.9 Å². The van der Waals surface area contributed by atoms with Crippen LogP contribution in [0.3, 0.4) is 0 Å². The van der Waals surface area contributed by atoms with Crippen LogP contribution < -0.4 is 11.1 Å². The van der Waals surface area contributed by atoms with Gasteiger partial charge in [-0.25, -0.2) is 8.78 Å². The van der Waals surface area contributed by atoms with E-state index >= 15 is 0 Å². The number of anilines is 2. The van der Waals surface area contributed by atoms with Gasteiger partial charge in [-0.1, -0.05) is 0 Å². The van der Waals surface area contributed by atoms with Crippen LogP contribution in [-0.4, -0.2) is 16.3 Å². The van der Waals surface area contributed by atoms with Crippen molar-refractivity contribution in [2.45, 2.75) is 13.0 Å². The molecule has 1 aromatic heterocycles. The number of halogens is 2. The Morgan fingerprint density at radius 1 is 1.28 bits per heavy atom. The third kappa shape index (κ3) is 2.97. The van der Waals surface area contributed by atoms with Crippen molar-refractivity contribution in [3.8, 4) is 0 Å². The normalized spacial score (nSPS) is 10.6. The molecule has 2 rings (SSSR count). The predicted molar refractivity (Wildman–Crippen MR) is 66.1 cm³/mol. The summed E-state index contributed by atoms with van der Waals surface area (Å²) in [6, 6.07) is 4.02. The first-order valence-corrected chi connectivity index (χ1v) is 5.62. The molecule has 2 aromatic rings. The number of hydrogen-bond donors (Lipinski definition) is 2. The van der Waals surface area contributed by atoms with E-state index in [1.54, 1.807) is 10.9 Å². The molecule has 1 heterocycles. The van der Waals surface area contributed by atoms with Gasteiger partial charge in [-0.05, 0) is 24.6 Å². The number of hydrogen-bond acceptors (Lipinski definition) is 3. The molecule has 0 aliphatic rings. The number of aromatic nitrogens is 2. The van der Waals surface area contributed by atoms with Crippen LogP contribution in [0.5, 0.6) is 0 Å². The summed E-state index contributed by atoms with van der Waals surface area (Å²) in [7, 11) is 0. The van der Waals surface area contributed by atoms with Gasteiger partial charge in [0.05, 0.1) is 0 Å². The van der Waals surface area contributed by atoms with Crippen LogP contribution in [0, 0.1) is 11.6 Å². The molecular weight excluding hydrogens is 238 g/mol. The molecule has 18 heavy (non-hydrogen) atoms. The second-order valence-electron chi connectivity index (χ2n) is 3.91. The average Bonchev–Trinajstić information content (AvgIpc) is 2.79. The zero-order chi connectivity index (χ0) is 13.0. The highest BCUT2D eigenvalue weighted by Crippen LogP contribution is 2.21. The average molecular weight is 252 g/mol. The van der Waals surface area contributed by atoms with Crippen molar-refractivity contribution < 1.29 is 8.78 Å². The van der Waals surface area contributed by atoms with Gasteiger partial charge in [-0.15, -0.1) is 0 Å². The molecule has 4 nitrogen and oxygen atoms in total. The molecule has 0 bridgehead atoms. The molecule has 0 aliphatic carbocycles. The van der Waals surface area contributed by atoms with E-state index in [9.17, 15) is 8.78 Å². The quantitative estimate of drug-likeness (QED) is 0.634. The SMILES string of the molecule is Nc1cc(F)c(NCCCn2cccn2)c(F)c1. The van der Waals surface area contributed by atoms with E-state index in [-0.39, 0.29) is 11.4 Å². The Hall–Kier alpha value is -2.11. The van der Waals surface area contributed by atoms with Crippen LogP contribution in [-0.2, 0) is 6.54 Å². The van der Waals surface area contributed by atoms with Gasteiger partial charge in [0, 0.05) is 31.2 Å². The van der Waals surface area contributed by atoms with Gasteiger partial charge in [0.1, 0.15) is 5.69 Å². The Morgan fingerprint density at radius 2 is 2.00 bits per heavy atom. The highest BCUT2D eigenvalue weighted by Gasteiger charge is 2.09. The fourth-order valence-corrected chi connectivity index (χ4v) is 1.65. The first-order chi connectivity index (χ1) is 8.66. The second kappa shape index (κ2) is 5.48. The monoisotopic (exact) mass is 252 g/mol. The molecule has 0 amide bonds. The number of rotatable bonds is 5. The summed E-state index contributed by atoms with van der Waals surface area (Å²) in [6.07, 6.45) is 4.24. The second-order valence-corrected chi connectivity index (χ2v) is 3.91. The van der Waals surface area contributed by atoms with E-state index < -0.39 is 11.6 Å². The summed E-state index contributed by atoms with van der Waals surface area (Å²) in [4.78, 5) is 0. The first-order valence-electron chi connectivity index (χ1n) is 5.62. The summed E-state index contributed by atoms with van der Waals surface area (Å²) in [5.41, 5.74) is 5.27. The van der Waals surface area contributed by atoms with Gasteiger partial charge in [0.25, 0.3) is 0 Å². The summed E-state index contributed by atoms with van der Waals surface area (Å²) < 4.78 is 28.6. The number of nitrogens with one attached hydrogen (secondary N) is 1. The summed E-state index contributed by atoms with van der Waals surface area (Å²) >= 11 is 0. The lowest BCUT2D eigenvalue weighted by Gasteiger charge is -2.09. The van der Waals surface area contributed by atoms with Gasteiger partial charge >= 0.3 is 0 Å². The van der Waals surface area contributed by atoms with E-state index in [0.717, 1.165) is 12.1 Å². The summed E-state index contributed by atoms with van der Waals surface area (Å²) in [6.45, 7) is 1.15. The maximum Gasteiger partial charge on any atom is 0.151 e. The minimum absolute atomic E-state index is 0.0760. The molecule has 0 spiro atoms. The number of benzene rings is 1. The molecule has 6 heteroatoms. The smallest absolute Gasteiger partial charge is 0.151 e. The van der Waals surface area contributed by atoms with Gasteiger partial charge in [-0.2, -0.15) is 5.10 Å². The molecule has 0 atom stereocenters. The van der Waals surface area contributed by atoms with E-state index in [0.29, 0.717) is 19.5 Å². The molecular formula is C12H14F2N4. The molecule has 0 aliphatic heterocycles. The molecule has 3 N–H and O–H groups in total. The minimum Gasteiger partial charge on any atom is -0.399 e. The van der Waals surface area contributed by atoms with Crippen LogP contribution in [0.2, 0.25) is 0 Å². The largest absolute Gasteiger partial charge is 0.399 e. The maximum absolute atomic E-state index is 13.4. The molecule has 0 saturated carbocycles. The number of nitrogens with zero attached hydrogens (tertiary/aromatic N) is 2. The zero-order valence-corrected chi connectivity index (χ0v) is 9.74. The van der Waals surface area contributed by atoms with Gasteiger partial charge in [0.2, 0.25) is 0 Å². The lowest BCUT2D eigenvalue weighted by atomic mass is 10.2. The Bertz CT molecular complexity index is 488. The van der Waals surface area contributed by atoms with Crippen molar-refractivity contribution in [2.75, 3.05) is 17.6 Å². The van der Waals surface area contributed by atoms with Crippen molar-refractivity contribution in [2.24, 2.45) is 0 Å². The van der Waals surface area contributed by atoms with Crippen molar-refractivity contribution in [1.29, 1.82) is 0 Å². The van der Waals surface area contributed by atoms with Crippen molar-refractivity contribution >= 4 is 11.4 Å². The maximum atomic E-state index is 13.4. The van der Waals surface area contributed by atoms with E-state index in [1.165, 1.54) is 0 Å². The lowest BCUT2D eigenvalue weighted by molar-refractivity contribution is 0.575. The Balaban J connectivity index is 1.87. The molecule has 0 unspecified atom stereocenters. The van der Waals surface area contributed by atoms with Crippen LogP contribution in [0.15, 0.2) is 30.6 Å². The Labute approximate surface area is 103 Å². The van der Waals surface area contributed by atoms with Crippen molar-refractivity contribution in [3.63, 3.8) is 0 Å².